The van der Waals surface area contributed by atoms with Gasteiger partial charge in [-0.1, -0.05) is 17.7 Å². The molecule has 3 heterocycles. The van der Waals surface area contributed by atoms with Gasteiger partial charge in [0, 0.05) is 67.2 Å². The maximum Gasteiger partial charge on any atom is 0.253 e. The summed E-state index contributed by atoms with van der Waals surface area (Å²) in [6, 6.07) is 9.02. The number of carbonyl (C=O) groups excluding carboxylic acids is 2. The van der Waals surface area contributed by atoms with E-state index in [4.69, 9.17) is 11.6 Å². The molecule has 1 aliphatic rings. The number of nitrogens with one attached hydrogen (secondary N) is 2. The summed E-state index contributed by atoms with van der Waals surface area (Å²) < 4.78 is 14.4. The van der Waals surface area contributed by atoms with Crippen LogP contribution in [0.25, 0.3) is 10.9 Å². The number of amides is 2. The van der Waals surface area contributed by atoms with Crippen molar-refractivity contribution in [2.75, 3.05) is 0 Å². The average molecular weight is 506 g/mol. The zero-order chi connectivity index (χ0) is 25.2. The number of fused-ring (bicyclic) bond motifs is 1. The third-order valence-electron chi connectivity index (χ3n) is 6.31. The van der Waals surface area contributed by atoms with E-state index in [2.05, 4.69) is 20.3 Å². The largest absolute Gasteiger partial charge is 0.360 e. The minimum atomic E-state index is -0.423. The Morgan fingerprint density at radius 2 is 2.00 bits per heavy atom. The van der Waals surface area contributed by atoms with Crippen LogP contribution in [-0.4, -0.2) is 37.7 Å². The highest BCUT2D eigenvalue weighted by Crippen LogP contribution is 2.28. The molecular formula is C27H25ClFN5O2. The SMILES string of the molecule is CC(=O)N(Cc1ccc(Cc2cncc(C(=O)NCc3cc4c(Cl)c[nH]c4cc3F)c2)cn1)C1CC1. The van der Waals surface area contributed by atoms with E-state index in [-0.39, 0.29) is 18.4 Å². The topological polar surface area (TPSA) is 91.0 Å². The fourth-order valence-electron chi connectivity index (χ4n) is 4.22. The van der Waals surface area contributed by atoms with Crippen LogP contribution in [0, 0.1) is 5.82 Å². The van der Waals surface area contributed by atoms with Crippen molar-refractivity contribution >= 4 is 34.3 Å². The molecule has 1 aliphatic carbocycles. The molecule has 1 aromatic carbocycles. The first kappa shape index (κ1) is 23.9. The van der Waals surface area contributed by atoms with E-state index in [1.807, 2.05) is 17.0 Å². The second-order valence-electron chi connectivity index (χ2n) is 9.10. The first-order valence-electron chi connectivity index (χ1n) is 11.8. The number of hydrogen-bond donors (Lipinski definition) is 2. The lowest BCUT2D eigenvalue weighted by Crippen LogP contribution is -2.30. The van der Waals surface area contributed by atoms with Crippen LogP contribution < -0.4 is 5.32 Å². The lowest BCUT2D eigenvalue weighted by molar-refractivity contribution is -0.130. The molecule has 184 valence electrons. The molecule has 0 spiro atoms. The molecule has 0 unspecified atom stereocenters. The Balaban J connectivity index is 1.21. The maximum absolute atomic E-state index is 14.4. The van der Waals surface area contributed by atoms with Crippen LogP contribution in [-0.2, 0) is 24.3 Å². The van der Waals surface area contributed by atoms with E-state index in [9.17, 15) is 14.0 Å². The van der Waals surface area contributed by atoms with Crippen LogP contribution in [0.1, 0.15) is 52.5 Å². The summed E-state index contributed by atoms with van der Waals surface area (Å²) in [6.45, 7) is 2.13. The minimum Gasteiger partial charge on any atom is -0.360 e. The van der Waals surface area contributed by atoms with E-state index >= 15 is 0 Å². The third kappa shape index (κ3) is 5.39. The average Bonchev–Trinajstić information content (AvgIpc) is 3.65. The van der Waals surface area contributed by atoms with Crippen LogP contribution in [0.4, 0.5) is 4.39 Å². The monoisotopic (exact) mass is 505 g/mol. The minimum absolute atomic E-state index is 0.0237. The first-order valence-corrected chi connectivity index (χ1v) is 12.1. The lowest BCUT2D eigenvalue weighted by atomic mass is 10.1. The van der Waals surface area contributed by atoms with Crippen molar-refractivity contribution in [3.63, 3.8) is 0 Å². The number of pyridine rings is 2. The van der Waals surface area contributed by atoms with Crippen molar-refractivity contribution in [2.45, 2.75) is 45.3 Å². The molecule has 3 aromatic heterocycles. The van der Waals surface area contributed by atoms with Gasteiger partial charge in [0.1, 0.15) is 5.82 Å². The number of benzene rings is 1. The van der Waals surface area contributed by atoms with Crippen LogP contribution in [0.5, 0.6) is 0 Å². The van der Waals surface area contributed by atoms with E-state index in [1.165, 1.54) is 12.3 Å². The summed E-state index contributed by atoms with van der Waals surface area (Å²) in [6.07, 6.45) is 9.24. The number of hydrogen-bond acceptors (Lipinski definition) is 4. The highest BCUT2D eigenvalue weighted by Gasteiger charge is 2.30. The van der Waals surface area contributed by atoms with Gasteiger partial charge in [-0.15, -0.1) is 0 Å². The summed E-state index contributed by atoms with van der Waals surface area (Å²) in [7, 11) is 0. The number of aromatic amines is 1. The van der Waals surface area contributed by atoms with E-state index < -0.39 is 5.82 Å². The Morgan fingerprint density at radius 3 is 2.72 bits per heavy atom. The Labute approximate surface area is 212 Å². The highest BCUT2D eigenvalue weighted by atomic mass is 35.5. The van der Waals surface area contributed by atoms with Gasteiger partial charge in [-0.3, -0.25) is 19.6 Å². The molecule has 1 fully saturated rings. The van der Waals surface area contributed by atoms with Crippen molar-refractivity contribution in [2.24, 2.45) is 0 Å². The van der Waals surface area contributed by atoms with Gasteiger partial charge in [0.15, 0.2) is 0 Å². The Hall–Kier alpha value is -3.78. The number of halogens is 2. The number of nitrogens with zero attached hydrogens (tertiary/aromatic N) is 3. The number of rotatable bonds is 8. The van der Waals surface area contributed by atoms with E-state index in [0.29, 0.717) is 46.1 Å². The molecule has 2 amide bonds. The van der Waals surface area contributed by atoms with Crippen LogP contribution in [0.15, 0.2) is 55.1 Å². The van der Waals surface area contributed by atoms with Crippen LogP contribution in [0.3, 0.4) is 0 Å². The molecule has 4 aromatic rings. The number of carbonyl (C=O) groups is 2. The zero-order valence-corrected chi connectivity index (χ0v) is 20.5. The summed E-state index contributed by atoms with van der Waals surface area (Å²) in [5.74, 6) is -0.698. The van der Waals surface area contributed by atoms with Crippen molar-refractivity contribution in [3.05, 3.63) is 93.9 Å². The fourth-order valence-corrected chi connectivity index (χ4v) is 4.43. The molecule has 0 atom stereocenters. The number of H-pyrrole nitrogens is 1. The van der Waals surface area contributed by atoms with Gasteiger partial charge in [-0.25, -0.2) is 4.39 Å². The predicted octanol–water partition coefficient (Wildman–Crippen LogP) is 4.78. The van der Waals surface area contributed by atoms with E-state index in [0.717, 1.165) is 29.7 Å². The molecule has 5 rings (SSSR count). The van der Waals surface area contributed by atoms with Crippen molar-refractivity contribution < 1.29 is 14.0 Å². The van der Waals surface area contributed by atoms with Crippen molar-refractivity contribution in [3.8, 4) is 0 Å². The van der Waals surface area contributed by atoms with Crippen molar-refractivity contribution in [1.29, 1.82) is 0 Å². The van der Waals surface area contributed by atoms with Gasteiger partial charge >= 0.3 is 0 Å². The molecule has 0 saturated heterocycles. The molecule has 0 radical (unpaired) electrons. The van der Waals surface area contributed by atoms with E-state index in [1.54, 1.807) is 37.6 Å². The summed E-state index contributed by atoms with van der Waals surface area (Å²) >= 11 is 6.13. The zero-order valence-electron chi connectivity index (χ0n) is 19.7. The van der Waals surface area contributed by atoms with Gasteiger partial charge < -0.3 is 15.2 Å². The summed E-state index contributed by atoms with van der Waals surface area (Å²) in [5.41, 5.74) is 4.01. The van der Waals surface area contributed by atoms with Gasteiger partial charge in [-0.05, 0) is 48.2 Å². The Bertz CT molecular complexity index is 1430. The molecule has 2 N–H and O–H groups in total. The smallest absolute Gasteiger partial charge is 0.253 e. The molecule has 0 aliphatic heterocycles. The summed E-state index contributed by atoms with van der Waals surface area (Å²) in [4.78, 5) is 38.1. The van der Waals surface area contributed by atoms with Gasteiger partial charge in [0.05, 0.1) is 22.8 Å². The summed E-state index contributed by atoms with van der Waals surface area (Å²) in [5, 5.41) is 3.95. The molecule has 9 heteroatoms. The highest BCUT2D eigenvalue weighted by molar-refractivity contribution is 6.35. The molecule has 0 bridgehead atoms. The van der Waals surface area contributed by atoms with Gasteiger partial charge in [0.25, 0.3) is 5.91 Å². The standard InChI is InChI=1S/C27H25ClFN5O2/c1-16(35)34(22-4-5-22)15-21-3-2-17(11-31-21)6-18-7-20(12-30-10-18)27(36)33-13-19-8-23-24(28)14-32-26(23)9-25(19)29/h2-3,7-12,14,22,32H,4-6,13,15H2,1H3,(H,33,36). The Morgan fingerprint density at radius 1 is 1.17 bits per heavy atom. The maximum atomic E-state index is 14.4. The molecule has 1 saturated carbocycles. The normalized spacial score (nSPS) is 13.1. The quantitative estimate of drug-likeness (QED) is 0.360. The fraction of sp³-hybridized carbons (Fsp3) is 0.259. The number of aromatic nitrogens is 3. The molecule has 36 heavy (non-hydrogen) atoms. The lowest BCUT2D eigenvalue weighted by Gasteiger charge is -2.20. The van der Waals surface area contributed by atoms with Crippen LogP contribution >= 0.6 is 11.6 Å². The Kier molecular flexibility index (Phi) is 6.69. The second kappa shape index (κ2) is 10.1. The molecule has 7 nitrogen and oxygen atoms in total. The van der Waals surface area contributed by atoms with Crippen molar-refractivity contribution in [1.82, 2.24) is 25.2 Å². The van der Waals surface area contributed by atoms with Gasteiger partial charge in [0.2, 0.25) is 5.91 Å². The van der Waals surface area contributed by atoms with Gasteiger partial charge in [-0.2, -0.15) is 0 Å². The van der Waals surface area contributed by atoms with Crippen LogP contribution in [0.2, 0.25) is 5.02 Å². The first-order chi connectivity index (χ1) is 17.4. The predicted molar refractivity (Wildman–Crippen MR) is 135 cm³/mol. The second-order valence-corrected chi connectivity index (χ2v) is 9.51. The third-order valence-corrected chi connectivity index (χ3v) is 6.63. The molecular weight excluding hydrogens is 481 g/mol.